The van der Waals surface area contributed by atoms with Crippen LogP contribution in [0.3, 0.4) is 0 Å². The summed E-state index contributed by atoms with van der Waals surface area (Å²) in [7, 11) is 1.30. The van der Waals surface area contributed by atoms with E-state index < -0.39 is 29.5 Å². The number of amides is 1. The molecule has 0 aliphatic carbocycles. The lowest BCUT2D eigenvalue weighted by molar-refractivity contribution is -0.896. The summed E-state index contributed by atoms with van der Waals surface area (Å²) >= 11 is 0. The Hall–Kier alpha value is -3.52. The van der Waals surface area contributed by atoms with Crippen molar-refractivity contribution in [2.75, 3.05) is 33.3 Å². The van der Waals surface area contributed by atoms with Crippen molar-refractivity contribution in [1.82, 2.24) is 9.88 Å². The van der Waals surface area contributed by atoms with Crippen molar-refractivity contribution >= 4 is 23.4 Å². The van der Waals surface area contributed by atoms with Gasteiger partial charge < -0.3 is 19.6 Å². The normalized spacial score (nSPS) is 17.6. The smallest absolute Gasteiger partial charge is 0.337 e. The van der Waals surface area contributed by atoms with E-state index in [1.54, 1.807) is 24.3 Å². The second-order valence-electron chi connectivity index (χ2n) is 7.88. The maximum absolute atomic E-state index is 13.3. The second kappa shape index (κ2) is 10.9. The van der Waals surface area contributed by atoms with Crippen molar-refractivity contribution in [3.8, 4) is 0 Å². The third-order valence-electron chi connectivity index (χ3n) is 6.05. The van der Waals surface area contributed by atoms with Crippen molar-refractivity contribution in [1.29, 1.82) is 0 Å². The predicted molar refractivity (Wildman–Crippen MR) is 120 cm³/mol. The Labute approximate surface area is 193 Å². The molecule has 1 saturated heterocycles. The molecule has 0 spiro atoms. The van der Waals surface area contributed by atoms with Crippen LogP contribution in [-0.4, -0.2) is 60.8 Å². The number of hydrogen-bond acceptors (Lipinski definition) is 6. The Morgan fingerprint density at radius 3 is 2.27 bits per heavy atom. The lowest BCUT2D eigenvalue weighted by Gasteiger charge is -2.28. The quantitative estimate of drug-likeness (QED) is 0.256. The van der Waals surface area contributed by atoms with Gasteiger partial charge in [-0.25, -0.2) is 4.79 Å². The average Bonchev–Trinajstić information content (AvgIpc) is 3.11. The SMILES string of the molecule is CC[NH+](CC)CCCN1C(=O)C(=O)C(=C([O-])c2ccncc2)C1c1ccc(C(=O)OC)cc1. The van der Waals surface area contributed by atoms with Crippen LogP contribution in [-0.2, 0) is 14.3 Å². The van der Waals surface area contributed by atoms with Crippen LogP contribution in [0.15, 0.2) is 54.4 Å². The van der Waals surface area contributed by atoms with Gasteiger partial charge in [0.2, 0.25) is 5.78 Å². The van der Waals surface area contributed by atoms with Gasteiger partial charge in [-0.15, -0.1) is 0 Å². The minimum Gasteiger partial charge on any atom is -0.872 e. The van der Waals surface area contributed by atoms with Crippen LogP contribution in [0, 0.1) is 0 Å². The number of esters is 1. The fourth-order valence-electron chi connectivity index (χ4n) is 4.13. The predicted octanol–water partition coefficient (Wildman–Crippen LogP) is 0.407. The summed E-state index contributed by atoms with van der Waals surface area (Å²) in [5.74, 6) is -2.44. The summed E-state index contributed by atoms with van der Waals surface area (Å²) in [6, 6.07) is 8.69. The number of rotatable bonds is 9. The zero-order valence-electron chi connectivity index (χ0n) is 19.2. The van der Waals surface area contributed by atoms with Crippen LogP contribution < -0.4 is 10.0 Å². The maximum atomic E-state index is 13.3. The lowest BCUT2D eigenvalue weighted by Crippen LogP contribution is -3.11. The number of benzene rings is 1. The van der Waals surface area contributed by atoms with E-state index in [0.717, 1.165) is 19.6 Å². The number of hydrogen-bond donors (Lipinski definition) is 1. The van der Waals surface area contributed by atoms with E-state index >= 15 is 0 Å². The zero-order valence-corrected chi connectivity index (χ0v) is 19.2. The van der Waals surface area contributed by atoms with E-state index in [2.05, 4.69) is 18.8 Å². The van der Waals surface area contributed by atoms with Gasteiger partial charge >= 0.3 is 5.97 Å². The Morgan fingerprint density at radius 2 is 1.70 bits per heavy atom. The molecule has 1 aliphatic rings. The van der Waals surface area contributed by atoms with E-state index in [0.29, 0.717) is 29.7 Å². The number of Topliss-reactive ketones (excluding diaryl/α,β-unsaturated/α-hetero) is 1. The molecule has 1 fully saturated rings. The van der Waals surface area contributed by atoms with Crippen molar-refractivity contribution in [2.24, 2.45) is 0 Å². The van der Waals surface area contributed by atoms with Gasteiger partial charge in [-0.2, -0.15) is 0 Å². The summed E-state index contributed by atoms with van der Waals surface area (Å²) in [6.45, 7) is 7.36. The number of ether oxygens (including phenoxy) is 1. The first-order chi connectivity index (χ1) is 15.9. The maximum Gasteiger partial charge on any atom is 0.337 e. The molecule has 2 heterocycles. The van der Waals surface area contributed by atoms with Crippen LogP contribution in [0.5, 0.6) is 0 Å². The molecule has 33 heavy (non-hydrogen) atoms. The molecule has 8 nitrogen and oxygen atoms in total. The van der Waals surface area contributed by atoms with Gasteiger partial charge in [-0.05, 0) is 49.2 Å². The molecule has 0 bridgehead atoms. The highest BCUT2D eigenvalue weighted by Gasteiger charge is 2.44. The Morgan fingerprint density at radius 1 is 1.06 bits per heavy atom. The van der Waals surface area contributed by atoms with Gasteiger partial charge in [0.05, 0.1) is 38.3 Å². The fourth-order valence-corrected chi connectivity index (χ4v) is 4.13. The number of likely N-dealkylation sites (tertiary alicyclic amines) is 1. The van der Waals surface area contributed by atoms with E-state index in [1.807, 2.05) is 0 Å². The lowest BCUT2D eigenvalue weighted by atomic mass is 9.95. The molecule has 3 rings (SSSR count). The standard InChI is InChI=1S/C25H29N3O5/c1-4-27(5-2)15-6-16-28-21(17-7-9-19(10-8-17)25(32)33-3)20(23(30)24(28)31)22(29)18-11-13-26-14-12-18/h7-14,21,29H,4-6,15-16H2,1-3H3. The molecular weight excluding hydrogens is 422 g/mol. The third-order valence-corrected chi connectivity index (χ3v) is 6.05. The summed E-state index contributed by atoms with van der Waals surface area (Å²) in [5.41, 5.74) is 1.16. The van der Waals surface area contributed by atoms with Crippen LogP contribution in [0.25, 0.3) is 5.76 Å². The summed E-state index contributed by atoms with van der Waals surface area (Å²) in [4.78, 5) is 44.6. The minimum absolute atomic E-state index is 0.0767. The van der Waals surface area contributed by atoms with Crippen LogP contribution in [0.1, 0.15) is 47.8 Å². The highest BCUT2D eigenvalue weighted by atomic mass is 16.5. The van der Waals surface area contributed by atoms with Crippen molar-refractivity contribution in [3.63, 3.8) is 0 Å². The van der Waals surface area contributed by atoms with E-state index in [-0.39, 0.29) is 5.57 Å². The molecule has 1 aliphatic heterocycles. The number of aromatic nitrogens is 1. The molecule has 1 amide bonds. The number of nitrogens with one attached hydrogen (secondary N) is 1. The van der Waals surface area contributed by atoms with Gasteiger partial charge in [-0.3, -0.25) is 14.6 Å². The molecule has 1 unspecified atom stereocenters. The molecular formula is C25H29N3O5. The number of nitrogens with zero attached hydrogens (tertiary/aromatic N) is 2. The molecule has 0 radical (unpaired) electrons. The van der Waals surface area contributed by atoms with Crippen molar-refractivity contribution < 1.29 is 29.1 Å². The largest absolute Gasteiger partial charge is 0.872 e. The number of carbonyl (C=O) groups is 3. The Bertz CT molecular complexity index is 1030. The summed E-state index contributed by atoms with van der Waals surface area (Å²) in [5, 5.41) is 13.3. The number of ketones is 1. The molecule has 174 valence electrons. The number of carbonyl (C=O) groups excluding carboxylic acids is 3. The first kappa shape index (κ1) is 24.1. The topological polar surface area (TPSA) is 104 Å². The summed E-state index contributed by atoms with van der Waals surface area (Å²) in [6.07, 6.45) is 3.64. The van der Waals surface area contributed by atoms with Crippen molar-refractivity contribution in [2.45, 2.75) is 26.3 Å². The first-order valence-electron chi connectivity index (χ1n) is 11.1. The average molecular weight is 452 g/mol. The van der Waals surface area contributed by atoms with Crippen LogP contribution >= 0.6 is 0 Å². The van der Waals surface area contributed by atoms with E-state index in [1.165, 1.54) is 41.4 Å². The van der Waals surface area contributed by atoms with Crippen molar-refractivity contribution in [3.05, 3.63) is 71.1 Å². The molecule has 1 atom stereocenters. The van der Waals surface area contributed by atoms with Gasteiger partial charge in [0.25, 0.3) is 5.91 Å². The highest BCUT2D eigenvalue weighted by Crippen LogP contribution is 2.38. The molecule has 0 saturated carbocycles. The molecule has 1 aromatic carbocycles. The van der Waals surface area contributed by atoms with Gasteiger partial charge in [0, 0.05) is 30.9 Å². The van der Waals surface area contributed by atoms with E-state index in [9.17, 15) is 19.5 Å². The third kappa shape index (κ3) is 5.12. The van der Waals surface area contributed by atoms with Crippen LogP contribution in [0.4, 0.5) is 0 Å². The molecule has 1 aromatic heterocycles. The Kier molecular flexibility index (Phi) is 7.95. The van der Waals surface area contributed by atoms with E-state index in [4.69, 9.17) is 4.74 Å². The molecule has 1 N–H and O–H groups in total. The molecule has 2 aromatic rings. The monoisotopic (exact) mass is 451 g/mol. The minimum atomic E-state index is -0.816. The zero-order chi connectivity index (χ0) is 24.0. The fraction of sp³-hybridized carbons (Fsp3) is 0.360. The highest BCUT2D eigenvalue weighted by molar-refractivity contribution is 6.46. The van der Waals surface area contributed by atoms with Gasteiger partial charge in [-0.1, -0.05) is 17.9 Å². The number of quaternary nitrogens is 1. The van der Waals surface area contributed by atoms with Crippen LogP contribution in [0.2, 0.25) is 0 Å². The number of methoxy groups -OCH3 is 1. The number of pyridine rings is 1. The molecule has 8 heteroatoms. The van der Waals surface area contributed by atoms with Gasteiger partial charge in [0.1, 0.15) is 0 Å². The van der Waals surface area contributed by atoms with Gasteiger partial charge in [0.15, 0.2) is 0 Å². The Balaban J connectivity index is 2.02. The summed E-state index contributed by atoms with van der Waals surface area (Å²) < 4.78 is 4.75. The first-order valence-corrected chi connectivity index (χ1v) is 11.1. The second-order valence-corrected chi connectivity index (χ2v) is 7.88.